The van der Waals surface area contributed by atoms with Gasteiger partial charge in [0.15, 0.2) is 0 Å². The van der Waals surface area contributed by atoms with E-state index in [2.05, 4.69) is 15.9 Å². The molecule has 66 valence electrons. The van der Waals surface area contributed by atoms with Crippen LogP contribution in [0.15, 0.2) is 34.8 Å². The van der Waals surface area contributed by atoms with Crippen molar-refractivity contribution in [1.82, 2.24) is 0 Å². The number of aryl methyl sites for hydroxylation is 1. The van der Waals surface area contributed by atoms with Crippen molar-refractivity contribution in [2.75, 3.05) is 0 Å². The monoisotopic (exact) mass is 236 g/mol. The van der Waals surface area contributed by atoms with E-state index in [9.17, 15) is 5.11 Å². The molecule has 0 aliphatic carbocycles. The summed E-state index contributed by atoms with van der Waals surface area (Å²) in [7, 11) is 0. The van der Waals surface area contributed by atoms with Crippen LogP contribution in [0.4, 0.5) is 0 Å². The van der Waals surface area contributed by atoms with Crippen molar-refractivity contribution in [3.05, 3.63) is 40.4 Å². The maximum absolute atomic E-state index is 9.49. The van der Waals surface area contributed by atoms with Crippen molar-refractivity contribution < 1.29 is 5.11 Å². The topological polar surface area (TPSA) is 20.2 Å². The number of aromatic hydroxyl groups is 1. The Balaban J connectivity index is 2.89. The molecule has 0 saturated carbocycles. The molecule has 0 fully saturated rings. The van der Waals surface area contributed by atoms with Gasteiger partial charge in [0, 0.05) is 0 Å². The molecule has 0 saturated heterocycles. The Kier molecular flexibility index (Phi) is 2.00. The lowest BCUT2D eigenvalue weighted by Crippen LogP contribution is -1.78. The number of halogens is 1. The first-order valence-electron chi connectivity index (χ1n) is 4.06. The second-order valence-corrected chi connectivity index (χ2v) is 3.95. The summed E-state index contributed by atoms with van der Waals surface area (Å²) in [5.41, 5.74) is 1.18. The molecule has 2 aromatic rings. The van der Waals surface area contributed by atoms with Crippen molar-refractivity contribution in [2.24, 2.45) is 0 Å². The Morgan fingerprint density at radius 3 is 2.77 bits per heavy atom. The number of phenolic OH excluding ortho intramolecular Hbond substituents is 1. The molecule has 2 heteroatoms. The quantitative estimate of drug-likeness (QED) is 0.741. The minimum Gasteiger partial charge on any atom is -0.507 e. The van der Waals surface area contributed by atoms with Gasteiger partial charge in [0.25, 0.3) is 0 Å². The van der Waals surface area contributed by atoms with Crippen LogP contribution in [0, 0.1) is 6.92 Å². The minimum atomic E-state index is 0.293. The molecule has 0 aromatic heterocycles. The smallest absolute Gasteiger partial charge is 0.130 e. The highest BCUT2D eigenvalue weighted by Gasteiger charge is 2.01. The molecule has 0 spiro atoms. The molecule has 0 heterocycles. The van der Waals surface area contributed by atoms with E-state index < -0.39 is 0 Å². The van der Waals surface area contributed by atoms with Crippen LogP contribution < -0.4 is 0 Å². The number of fused-ring (bicyclic) bond motifs is 1. The second kappa shape index (κ2) is 3.04. The third-order valence-electron chi connectivity index (χ3n) is 2.17. The highest BCUT2D eigenvalue weighted by molar-refractivity contribution is 9.10. The zero-order valence-corrected chi connectivity index (χ0v) is 8.80. The van der Waals surface area contributed by atoms with Gasteiger partial charge < -0.3 is 5.11 Å². The molecule has 2 aromatic carbocycles. The van der Waals surface area contributed by atoms with Crippen LogP contribution in [-0.4, -0.2) is 5.11 Å². The fourth-order valence-electron chi connectivity index (χ4n) is 1.44. The molecule has 0 atom stereocenters. The molecule has 0 amide bonds. The summed E-state index contributed by atoms with van der Waals surface area (Å²) >= 11 is 3.29. The fraction of sp³-hybridized carbons (Fsp3) is 0.0909. The number of benzene rings is 2. The Hall–Kier alpha value is -1.02. The van der Waals surface area contributed by atoms with E-state index in [4.69, 9.17) is 0 Å². The van der Waals surface area contributed by atoms with E-state index in [0.717, 1.165) is 15.2 Å². The lowest BCUT2D eigenvalue weighted by atomic mass is 10.1. The largest absolute Gasteiger partial charge is 0.507 e. The molecule has 0 unspecified atom stereocenters. The van der Waals surface area contributed by atoms with E-state index in [0.29, 0.717) is 5.75 Å². The van der Waals surface area contributed by atoms with Crippen molar-refractivity contribution >= 4 is 26.7 Å². The van der Waals surface area contributed by atoms with Crippen LogP contribution in [-0.2, 0) is 0 Å². The average molecular weight is 237 g/mol. The predicted octanol–water partition coefficient (Wildman–Crippen LogP) is 3.62. The number of rotatable bonds is 0. The zero-order valence-electron chi connectivity index (χ0n) is 7.21. The molecule has 0 radical (unpaired) electrons. The Morgan fingerprint density at radius 1 is 1.23 bits per heavy atom. The molecule has 13 heavy (non-hydrogen) atoms. The van der Waals surface area contributed by atoms with Gasteiger partial charge in [0.1, 0.15) is 5.75 Å². The first-order chi connectivity index (χ1) is 6.18. The van der Waals surface area contributed by atoms with E-state index >= 15 is 0 Å². The van der Waals surface area contributed by atoms with Crippen molar-refractivity contribution in [1.29, 1.82) is 0 Å². The van der Waals surface area contributed by atoms with Crippen LogP contribution in [0.25, 0.3) is 10.8 Å². The Labute approximate surface area is 85.1 Å². The molecular formula is C11H9BrO. The van der Waals surface area contributed by atoms with Gasteiger partial charge >= 0.3 is 0 Å². The van der Waals surface area contributed by atoms with Gasteiger partial charge in [-0.15, -0.1) is 0 Å². The van der Waals surface area contributed by atoms with Crippen LogP contribution >= 0.6 is 15.9 Å². The van der Waals surface area contributed by atoms with Gasteiger partial charge in [-0.1, -0.05) is 18.2 Å². The standard InChI is InChI=1S/C11H9BrO/c1-7-3-2-4-8-5-10(12)11(13)6-9(7)8/h2-6,13H,1H3. The maximum Gasteiger partial charge on any atom is 0.130 e. The first kappa shape index (κ1) is 8.57. The number of hydrogen-bond acceptors (Lipinski definition) is 1. The summed E-state index contributed by atoms with van der Waals surface area (Å²) in [6, 6.07) is 9.80. The fourth-order valence-corrected chi connectivity index (χ4v) is 1.80. The summed E-state index contributed by atoms with van der Waals surface area (Å²) in [5.74, 6) is 0.293. The van der Waals surface area contributed by atoms with Gasteiger partial charge in [-0.25, -0.2) is 0 Å². The summed E-state index contributed by atoms with van der Waals surface area (Å²) in [4.78, 5) is 0. The van der Waals surface area contributed by atoms with Crippen LogP contribution in [0.3, 0.4) is 0 Å². The van der Waals surface area contributed by atoms with Gasteiger partial charge in [-0.05, 0) is 51.3 Å². The molecule has 0 aliphatic heterocycles. The lowest BCUT2D eigenvalue weighted by Gasteiger charge is -2.03. The normalized spacial score (nSPS) is 10.6. The first-order valence-corrected chi connectivity index (χ1v) is 4.85. The zero-order chi connectivity index (χ0) is 9.42. The highest BCUT2D eigenvalue weighted by Crippen LogP contribution is 2.30. The number of hydrogen-bond donors (Lipinski definition) is 1. The van der Waals surface area contributed by atoms with Gasteiger partial charge in [-0.3, -0.25) is 0 Å². The lowest BCUT2D eigenvalue weighted by molar-refractivity contribution is 0.473. The van der Waals surface area contributed by atoms with E-state index in [-0.39, 0.29) is 0 Å². The minimum absolute atomic E-state index is 0.293. The molecular weight excluding hydrogens is 228 g/mol. The van der Waals surface area contributed by atoms with E-state index in [1.807, 2.05) is 31.2 Å². The van der Waals surface area contributed by atoms with Crippen molar-refractivity contribution in [3.8, 4) is 5.75 Å². The van der Waals surface area contributed by atoms with Crippen molar-refractivity contribution in [2.45, 2.75) is 6.92 Å². The third kappa shape index (κ3) is 1.42. The maximum atomic E-state index is 9.49. The molecule has 1 nitrogen and oxygen atoms in total. The number of phenols is 1. The second-order valence-electron chi connectivity index (χ2n) is 3.10. The van der Waals surface area contributed by atoms with Gasteiger partial charge in [0.05, 0.1) is 4.47 Å². The van der Waals surface area contributed by atoms with E-state index in [1.165, 1.54) is 5.56 Å². The van der Waals surface area contributed by atoms with Crippen LogP contribution in [0.2, 0.25) is 0 Å². The van der Waals surface area contributed by atoms with Gasteiger partial charge in [-0.2, -0.15) is 0 Å². The highest BCUT2D eigenvalue weighted by atomic mass is 79.9. The summed E-state index contributed by atoms with van der Waals surface area (Å²) in [6.45, 7) is 2.04. The summed E-state index contributed by atoms with van der Waals surface area (Å²) < 4.78 is 0.741. The molecule has 0 aliphatic rings. The molecule has 2 rings (SSSR count). The van der Waals surface area contributed by atoms with Gasteiger partial charge in [0.2, 0.25) is 0 Å². The third-order valence-corrected chi connectivity index (χ3v) is 2.80. The van der Waals surface area contributed by atoms with Crippen LogP contribution in [0.1, 0.15) is 5.56 Å². The Morgan fingerprint density at radius 2 is 2.00 bits per heavy atom. The summed E-state index contributed by atoms with van der Waals surface area (Å²) in [6.07, 6.45) is 0. The average Bonchev–Trinajstić information content (AvgIpc) is 2.09. The van der Waals surface area contributed by atoms with Crippen LogP contribution in [0.5, 0.6) is 5.75 Å². The molecule has 1 N–H and O–H groups in total. The predicted molar refractivity (Wildman–Crippen MR) is 58.0 cm³/mol. The Bertz CT molecular complexity index is 463. The van der Waals surface area contributed by atoms with E-state index in [1.54, 1.807) is 6.07 Å². The van der Waals surface area contributed by atoms with Crippen molar-refractivity contribution in [3.63, 3.8) is 0 Å². The SMILES string of the molecule is Cc1cccc2cc(Br)c(O)cc12. The molecule has 0 bridgehead atoms. The summed E-state index contributed by atoms with van der Waals surface area (Å²) in [5, 5.41) is 11.7.